The molecule has 6 nitrogen and oxygen atoms in total. The molecular formula is C22H23N3O3. The Morgan fingerprint density at radius 2 is 1.64 bits per heavy atom. The van der Waals surface area contributed by atoms with E-state index in [0.717, 1.165) is 11.4 Å². The van der Waals surface area contributed by atoms with Gasteiger partial charge in [0.05, 0.1) is 36.3 Å². The van der Waals surface area contributed by atoms with Gasteiger partial charge < -0.3 is 10.1 Å². The van der Waals surface area contributed by atoms with E-state index < -0.39 is 5.97 Å². The molecule has 3 aromatic rings. The number of carbonyl (C=O) groups is 2. The molecule has 1 amide bonds. The van der Waals surface area contributed by atoms with Gasteiger partial charge in [-0.05, 0) is 56.2 Å². The molecule has 0 aliphatic carbocycles. The summed E-state index contributed by atoms with van der Waals surface area (Å²) >= 11 is 0. The van der Waals surface area contributed by atoms with Gasteiger partial charge in [-0.3, -0.25) is 9.48 Å². The predicted molar refractivity (Wildman–Crippen MR) is 108 cm³/mol. The molecule has 6 heteroatoms. The number of nitrogens with one attached hydrogen (secondary N) is 1. The van der Waals surface area contributed by atoms with Gasteiger partial charge in [-0.1, -0.05) is 24.3 Å². The Morgan fingerprint density at radius 3 is 2.29 bits per heavy atom. The maximum atomic E-state index is 12.6. The highest BCUT2D eigenvalue weighted by Crippen LogP contribution is 2.22. The molecule has 0 saturated carbocycles. The Bertz CT molecular complexity index is 1020. The van der Waals surface area contributed by atoms with E-state index in [-0.39, 0.29) is 5.91 Å². The maximum absolute atomic E-state index is 12.6. The second-order valence-corrected chi connectivity index (χ2v) is 6.65. The fourth-order valence-corrected chi connectivity index (χ4v) is 3.04. The van der Waals surface area contributed by atoms with Crippen molar-refractivity contribution in [2.75, 3.05) is 12.4 Å². The average Bonchev–Trinajstić information content (AvgIpc) is 2.96. The molecule has 0 saturated heterocycles. The summed E-state index contributed by atoms with van der Waals surface area (Å²) in [6, 6.07) is 14.5. The van der Waals surface area contributed by atoms with Crippen molar-refractivity contribution in [3.63, 3.8) is 0 Å². The number of methoxy groups -OCH3 is 1. The van der Waals surface area contributed by atoms with E-state index in [1.165, 1.54) is 18.2 Å². The SMILES string of the molecule is COC(=O)c1ccc(C(=O)Nc2c(C)nn(Cc3ccccc3C)c2C)cc1. The molecule has 0 atom stereocenters. The van der Waals surface area contributed by atoms with Gasteiger partial charge in [0.25, 0.3) is 5.91 Å². The Labute approximate surface area is 164 Å². The van der Waals surface area contributed by atoms with E-state index in [0.29, 0.717) is 23.4 Å². The summed E-state index contributed by atoms with van der Waals surface area (Å²) in [4.78, 5) is 24.1. The van der Waals surface area contributed by atoms with Crippen molar-refractivity contribution in [2.24, 2.45) is 0 Å². The highest BCUT2D eigenvalue weighted by molar-refractivity contribution is 6.05. The molecule has 0 fully saturated rings. The number of carbonyl (C=O) groups excluding carboxylic acids is 2. The second kappa shape index (κ2) is 8.08. The largest absolute Gasteiger partial charge is 0.465 e. The molecule has 1 aromatic heterocycles. The molecule has 3 rings (SSSR count). The number of anilines is 1. The monoisotopic (exact) mass is 377 g/mol. The molecule has 28 heavy (non-hydrogen) atoms. The van der Waals surface area contributed by atoms with Crippen LogP contribution in [-0.4, -0.2) is 28.8 Å². The van der Waals surface area contributed by atoms with Crippen LogP contribution in [0.15, 0.2) is 48.5 Å². The van der Waals surface area contributed by atoms with Crippen molar-refractivity contribution in [3.8, 4) is 0 Å². The lowest BCUT2D eigenvalue weighted by Gasteiger charge is -2.09. The normalized spacial score (nSPS) is 10.6. The molecule has 144 valence electrons. The van der Waals surface area contributed by atoms with Crippen LogP contribution in [-0.2, 0) is 11.3 Å². The smallest absolute Gasteiger partial charge is 0.337 e. The van der Waals surface area contributed by atoms with Crippen LogP contribution in [0.5, 0.6) is 0 Å². The summed E-state index contributed by atoms with van der Waals surface area (Å²) in [6.45, 7) is 6.52. The molecule has 0 aliphatic heterocycles. The number of esters is 1. The van der Waals surface area contributed by atoms with Crippen molar-refractivity contribution in [1.29, 1.82) is 0 Å². The van der Waals surface area contributed by atoms with Crippen LogP contribution in [0.4, 0.5) is 5.69 Å². The van der Waals surface area contributed by atoms with Crippen molar-refractivity contribution < 1.29 is 14.3 Å². The summed E-state index contributed by atoms with van der Waals surface area (Å²) in [5.74, 6) is -0.686. The summed E-state index contributed by atoms with van der Waals surface area (Å²) in [5, 5.41) is 7.52. The number of ether oxygens (including phenoxy) is 1. The maximum Gasteiger partial charge on any atom is 0.337 e. The van der Waals surface area contributed by atoms with E-state index in [1.54, 1.807) is 24.3 Å². The first-order valence-electron chi connectivity index (χ1n) is 8.99. The van der Waals surface area contributed by atoms with Crippen LogP contribution in [0.25, 0.3) is 0 Å². The fourth-order valence-electron chi connectivity index (χ4n) is 3.04. The third-order valence-electron chi connectivity index (χ3n) is 4.77. The Balaban J connectivity index is 1.79. The molecule has 0 radical (unpaired) electrons. The minimum absolute atomic E-state index is 0.252. The van der Waals surface area contributed by atoms with E-state index in [2.05, 4.69) is 34.2 Å². The molecule has 0 unspecified atom stereocenters. The Kier molecular flexibility index (Phi) is 5.59. The molecule has 0 bridgehead atoms. The Morgan fingerprint density at radius 1 is 1.00 bits per heavy atom. The van der Waals surface area contributed by atoms with Crippen LogP contribution in [0.3, 0.4) is 0 Å². The highest BCUT2D eigenvalue weighted by atomic mass is 16.5. The summed E-state index contributed by atoms with van der Waals surface area (Å²) in [7, 11) is 1.32. The third kappa shape index (κ3) is 3.96. The van der Waals surface area contributed by atoms with Gasteiger partial charge in [0, 0.05) is 5.56 Å². The second-order valence-electron chi connectivity index (χ2n) is 6.65. The number of amides is 1. The minimum Gasteiger partial charge on any atom is -0.465 e. The van der Waals surface area contributed by atoms with Crippen molar-refractivity contribution >= 4 is 17.6 Å². The summed E-state index contributed by atoms with van der Waals surface area (Å²) in [5.41, 5.74) is 5.59. The lowest BCUT2D eigenvalue weighted by Crippen LogP contribution is -2.14. The zero-order chi connectivity index (χ0) is 20.3. The molecular weight excluding hydrogens is 354 g/mol. The third-order valence-corrected chi connectivity index (χ3v) is 4.77. The fraction of sp³-hybridized carbons (Fsp3) is 0.227. The van der Waals surface area contributed by atoms with Gasteiger partial charge in [-0.15, -0.1) is 0 Å². The number of benzene rings is 2. The van der Waals surface area contributed by atoms with Crippen molar-refractivity contribution in [1.82, 2.24) is 9.78 Å². The number of hydrogen-bond donors (Lipinski definition) is 1. The van der Waals surface area contributed by atoms with E-state index in [9.17, 15) is 9.59 Å². The topological polar surface area (TPSA) is 73.2 Å². The average molecular weight is 377 g/mol. The molecule has 1 heterocycles. The van der Waals surface area contributed by atoms with Crippen LogP contribution in [0.1, 0.15) is 43.2 Å². The molecule has 0 spiro atoms. The summed E-state index contributed by atoms with van der Waals surface area (Å²) < 4.78 is 6.57. The van der Waals surface area contributed by atoms with Gasteiger partial charge in [0.2, 0.25) is 0 Å². The molecule has 2 aromatic carbocycles. The number of aromatic nitrogens is 2. The van der Waals surface area contributed by atoms with Crippen LogP contribution in [0.2, 0.25) is 0 Å². The first-order valence-corrected chi connectivity index (χ1v) is 8.99. The number of aryl methyl sites for hydroxylation is 2. The standard InChI is InChI=1S/C22H23N3O3/c1-14-7-5-6-8-19(14)13-25-16(3)20(15(2)24-25)23-21(26)17-9-11-18(12-10-17)22(27)28-4/h5-12H,13H2,1-4H3,(H,23,26). The van der Waals surface area contributed by atoms with Crippen LogP contribution in [0, 0.1) is 20.8 Å². The van der Waals surface area contributed by atoms with Crippen molar-refractivity contribution in [2.45, 2.75) is 27.3 Å². The zero-order valence-corrected chi connectivity index (χ0v) is 16.4. The first kappa shape index (κ1) is 19.4. The number of nitrogens with zero attached hydrogens (tertiary/aromatic N) is 2. The zero-order valence-electron chi connectivity index (χ0n) is 16.4. The van der Waals surface area contributed by atoms with E-state index in [4.69, 9.17) is 0 Å². The van der Waals surface area contributed by atoms with E-state index >= 15 is 0 Å². The highest BCUT2D eigenvalue weighted by Gasteiger charge is 2.16. The van der Waals surface area contributed by atoms with Crippen molar-refractivity contribution in [3.05, 3.63) is 82.2 Å². The number of rotatable bonds is 5. The van der Waals surface area contributed by atoms with Gasteiger partial charge in [0.15, 0.2) is 0 Å². The Hall–Kier alpha value is -3.41. The lowest BCUT2D eigenvalue weighted by molar-refractivity contribution is 0.0600. The van der Waals surface area contributed by atoms with E-state index in [1.807, 2.05) is 30.7 Å². The molecule has 1 N–H and O–H groups in total. The predicted octanol–water partition coefficient (Wildman–Crippen LogP) is 3.90. The summed E-state index contributed by atoms with van der Waals surface area (Å²) in [6.07, 6.45) is 0. The van der Waals surface area contributed by atoms with Gasteiger partial charge >= 0.3 is 5.97 Å². The van der Waals surface area contributed by atoms with Crippen LogP contribution >= 0.6 is 0 Å². The minimum atomic E-state index is -0.434. The lowest BCUT2D eigenvalue weighted by atomic mass is 10.1. The first-order chi connectivity index (χ1) is 13.4. The van der Waals surface area contributed by atoms with Gasteiger partial charge in [-0.25, -0.2) is 4.79 Å². The van der Waals surface area contributed by atoms with Gasteiger partial charge in [0.1, 0.15) is 0 Å². The van der Waals surface area contributed by atoms with Gasteiger partial charge in [-0.2, -0.15) is 5.10 Å². The molecule has 0 aliphatic rings. The number of hydrogen-bond acceptors (Lipinski definition) is 4. The quantitative estimate of drug-likeness (QED) is 0.685. The van der Waals surface area contributed by atoms with Crippen LogP contribution < -0.4 is 5.32 Å².